The molecule has 6 aromatic rings. The zero-order valence-corrected chi connectivity index (χ0v) is 21.5. The Balaban J connectivity index is 1.41. The Morgan fingerprint density at radius 3 is 2.03 bits per heavy atom. The summed E-state index contributed by atoms with van der Waals surface area (Å²) in [6.45, 7) is 0. The highest BCUT2D eigenvalue weighted by molar-refractivity contribution is 14.1. The first-order chi connectivity index (χ1) is 18.1. The van der Waals surface area contributed by atoms with E-state index in [1.165, 1.54) is 0 Å². The molecule has 0 amide bonds. The number of ketones is 2. The highest BCUT2D eigenvalue weighted by Crippen LogP contribution is 2.34. The highest BCUT2D eigenvalue weighted by Gasteiger charge is 2.34. The molecule has 0 saturated carbocycles. The third-order valence-corrected chi connectivity index (χ3v) is 7.36. The second-order valence-electron chi connectivity index (χ2n) is 8.92. The van der Waals surface area contributed by atoms with Gasteiger partial charge >= 0.3 is 0 Å². The number of nitrogens with zero attached hydrogens (tertiary/aromatic N) is 2. The van der Waals surface area contributed by atoms with Gasteiger partial charge in [-0.05, 0) is 88.0 Å². The summed E-state index contributed by atoms with van der Waals surface area (Å²) in [4.78, 5) is 31.6. The highest BCUT2D eigenvalue weighted by atomic mass is 127. The summed E-state index contributed by atoms with van der Waals surface area (Å²) in [5, 5.41) is 1.86. The number of rotatable bonds is 3. The number of carbonyl (C=O) groups excluding carboxylic acids is 2. The lowest BCUT2D eigenvalue weighted by molar-refractivity contribution is 0.0990. The van der Waals surface area contributed by atoms with Gasteiger partial charge in [-0.3, -0.25) is 14.2 Å². The van der Waals surface area contributed by atoms with Gasteiger partial charge in [0, 0.05) is 32.0 Å². The number of Topliss-reactive ketones (excluding diaryl/α,β-unsaturated/α-hetero) is 2. The number of oxazole rings is 1. The predicted octanol–water partition coefficient (Wildman–Crippen LogP) is 7.51. The summed E-state index contributed by atoms with van der Waals surface area (Å²) in [5.41, 5.74) is 4.59. The standard InChI is InChI=1S/C31H17IN2O3/c32-21-10-12-22(13-11-21)34-23(17-27-30(34)33-31(37-27)18-6-2-1-3-7-18)16-26-28(35)24-14-19-8-4-5-9-20(19)15-25(24)29(26)36/h1-17H. The van der Waals surface area contributed by atoms with Crippen molar-refractivity contribution in [3.8, 4) is 17.1 Å². The lowest BCUT2D eigenvalue weighted by atomic mass is 10.0. The summed E-state index contributed by atoms with van der Waals surface area (Å²) in [5.74, 6) is -0.0255. The van der Waals surface area contributed by atoms with Crippen molar-refractivity contribution >= 4 is 62.2 Å². The van der Waals surface area contributed by atoms with Crippen molar-refractivity contribution in [2.75, 3.05) is 0 Å². The van der Waals surface area contributed by atoms with Crippen molar-refractivity contribution in [2.24, 2.45) is 0 Å². The zero-order chi connectivity index (χ0) is 25.1. The van der Waals surface area contributed by atoms with E-state index < -0.39 is 0 Å². The van der Waals surface area contributed by atoms with Crippen LogP contribution in [0.3, 0.4) is 0 Å². The monoisotopic (exact) mass is 592 g/mol. The molecule has 0 unspecified atom stereocenters. The molecule has 1 aliphatic carbocycles. The van der Waals surface area contributed by atoms with E-state index in [0.29, 0.717) is 33.9 Å². The molecule has 0 fully saturated rings. The Bertz CT molecular complexity index is 1860. The van der Waals surface area contributed by atoms with Crippen LogP contribution in [0, 0.1) is 3.57 Å². The summed E-state index contributed by atoms with van der Waals surface area (Å²) in [7, 11) is 0. The first-order valence-electron chi connectivity index (χ1n) is 11.7. The van der Waals surface area contributed by atoms with Gasteiger partial charge in [0.15, 0.2) is 22.8 Å². The van der Waals surface area contributed by atoms with Crippen molar-refractivity contribution in [1.29, 1.82) is 0 Å². The average Bonchev–Trinajstić information content (AvgIpc) is 3.55. The molecule has 0 radical (unpaired) electrons. The fourth-order valence-corrected chi connectivity index (χ4v) is 5.22. The Morgan fingerprint density at radius 2 is 1.38 bits per heavy atom. The largest absolute Gasteiger partial charge is 0.434 e. The van der Waals surface area contributed by atoms with Crippen LogP contribution >= 0.6 is 22.6 Å². The average molecular weight is 592 g/mol. The van der Waals surface area contributed by atoms with Crippen LogP contribution in [0.5, 0.6) is 0 Å². The Morgan fingerprint density at radius 1 is 0.757 bits per heavy atom. The summed E-state index contributed by atoms with van der Waals surface area (Å²) in [6.07, 6.45) is 1.66. The molecule has 6 heteroatoms. The number of aromatic nitrogens is 2. The van der Waals surface area contributed by atoms with E-state index in [1.807, 2.05) is 102 Å². The van der Waals surface area contributed by atoms with E-state index in [4.69, 9.17) is 9.40 Å². The van der Waals surface area contributed by atoms with Crippen LogP contribution in [0.4, 0.5) is 0 Å². The summed E-state index contributed by atoms with van der Waals surface area (Å²) < 4.78 is 9.14. The number of carbonyl (C=O) groups is 2. The van der Waals surface area contributed by atoms with Gasteiger partial charge in [0.2, 0.25) is 5.89 Å². The van der Waals surface area contributed by atoms with Crippen LogP contribution in [0.2, 0.25) is 0 Å². The Hall–Kier alpha value is -4.30. The second kappa shape index (κ2) is 8.38. The lowest BCUT2D eigenvalue weighted by Gasteiger charge is -2.08. The van der Waals surface area contributed by atoms with Gasteiger partial charge in [-0.1, -0.05) is 42.5 Å². The van der Waals surface area contributed by atoms with Crippen molar-refractivity contribution in [2.45, 2.75) is 0 Å². The minimum Gasteiger partial charge on any atom is -0.434 e. The van der Waals surface area contributed by atoms with Crippen molar-refractivity contribution < 1.29 is 14.0 Å². The molecule has 0 N–H and O–H groups in total. The van der Waals surface area contributed by atoms with E-state index >= 15 is 0 Å². The molecule has 176 valence electrons. The van der Waals surface area contributed by atoms with Crippen molar-refractivity contribution in [3.63, 3.8) is 0 Å². The fourth-order valence-electron chi connectivity index (χ4n) is 4.86. The molecule has 0 aliphatic heterocycles. The quantitative estimate of drug-likeness (QED) is 0.121. The molecule has 0 saturated heterocycles. The number of hydrogen-bond acceptors (Lipinski definition) is 4. The van der Waals surface area contributed by atoms with Gasteiger partial charge in [-0.2, -0.15) is 4.98 Å². The van der Waals surface area contributed by atoms with Crippen LogP contribution in [0.15, 0.2) is 107 Å². The van der Waals surface area contributed by atoms with Crippen LogP contribution < -0.4 is 0 Å². The van der Waals surface area contributed by atoms with Crippen molar-refractivity contribution in [3.05, 3.63) is 123 Å². The molecule has 0 bridgehead atoms. The van der Waals surface area contributed by atoms with E-state index in [1.54, 1.807) is 6.08 Å². The van der Waals surface area contributed by atoms with Gasteiger partial charge in [0.25, 0.3) is 0 Å². The zero-order valence-electron chi connectivity index (χ0n) is 19.3. The maximum Gasteiger partial charge on any atom is 0.228 e. The van der Waals surface area contributed by atoms with Crippen LogP contribution in [-0.2, 0) is 0 Å². The van der Waals surface area contributed by atoms with Gasteiger partial charge in [-0.15, -0.1) is 0 Å². The first-order valence-corrected chi connectivity index (χ1v) is 12.8. The van der Waals surface area contributed by atoms with Gasteiger partial charge < -0.3 is 4.42 Å². The molecule has 0 atom stereocenters. The van der Waals surface area contributed by atoms with Gasteiger partial charge in [0.05, 0.1) is 11.3 Å². The molecule has 0 spiro atoms. The fraction of sp³-hybridized carbons (Fsp3) is 0. The van der Waals surface area contributed by atoms with Crippen LogP contribution in [0.25, 0.3) is 45.2 Å². The molecular formula is C31H17IN2O3. The minimum absolute atomic E-state index is 0.139. The maximum atomic E-state index is 13.4. The second-order valence-corrected chi connectivity index (χ2v) is 10.2. The Labute approximate surface area is 225 Å². The molecule has 4 aromatic carbocycles. The van der Waals surface area contributed by atoms with E-state index in [0.717, 1.165) is 25.6 Å². The van der Waals surface area contributed by atoms with E-state index in [2.05, 4.69) is 22.6 Å². The van der Waals surface area contributed by atoms with Crippen LogP contribution in [-0.4, -0.2) is 21.1 Å². The molecule has 7 rings (SSSR count). The number of allylic oxidation sites excluding steroid dienone is 1. The number of halogens is 1. The molecule has 1 aliphatic rings. The third-order valence-electron chi connectivity index (χ3n) is 6.65. The van der Waals surface area contributed by atoms with Crippen LogP contribution in [0.1, 0.15) is 26.4 Å². The molecule has 2 heterocycles. The van der Waals surface area contributed by atoms with Crippen molar-refractivity contribution in [1.82, 2.24) is 9.55 Å². The molecular weight excluding hydrogens is 575 g/mol. The number of hydrogen-bond donors (Lipinski definition) is 0. The minimum atomic E-state index is -0.268. The smallest absolute Gasteiger partial charge is 0.228 e. The topological polar surface area (TPSA) is 65.1 Å². The molecule has 2 aromatic heterocycles. The number of fused-ring (bicyclic) bond motifs is 3. The van der Waals surface area contributed by atoms with Gasteiger partial charge in [-0.25, -0.2) is 0 Å². The van der Waals surface area contributed by atoms with Gasteiger partial charge in [0.1, 0.15) is 0 Å². The lowest BCUT2D eigenvalue weighted by Crippen LogP contribution is -2.03. The van der Waals surface area contributed by atoms with E-state index in [9.17, 15) is 9.59 Å². The summed E-state index contributed by atoms with van der Waals surface area (Å²) in [6, 6.07) is 30.9. The third kappa shape index (κ3) is 3.55. The first kappa shape index (κ1) is 21.9. The Kier molecular flexibility index (Phi) is 4.97. The SMILES string of the molecule is O=C1C(=Cc2cc3oc(-c4ccccc4)nc3n2-c2ccc(I)cc2)C(=O)c2cc3ccccc3cc21. The molecule has 37 heavy (non-hydrogen) atoms. The van der Waals surface area contributed by atoms with E-state index in [-0.39, 0.29) is 17.1 Å². The predicted molar refractivity (Wildman–Crippen MR) is 152 cm³/mol. The maximum absolute atomic E-state index is 13.4. The normalized spacial score (nSPS) is 13.1. The molecule has 5 nitrogen and oxygen atoms in total. The summed E-state index contributed by atoms with van der Waals surface area (Å²) >= 11 is 2.26. The number of benzene rings is 4.